The molecule has 1 heterocycles. The fourth-order valence-corrected chi connectivity index (χ4v) is 0.414. The molecule has 0 aliphatic heterocycles. The monoisotopic (exact) mass is 149 g/mol. The number of hydrogen-bond acceptors (Lipinski definition) is 2. The van der Waals surface area contributed by atoms with Crippen molar-refractivity contribution in [1.29, 1.82) is 0 Å². The quantitative estimate of drug-likeness (QED) is 0.515. The van der Waals surface area contributed by atoms with Gasteiger partial charge >= 0.3 is 0 Å². The molecule has 0 saturated carbocycles. The Morgan fingerprint density at radius 2 is 2.22 bits per heavy atom. The summed E-state index contributed by atoms with van der Waals surface area (Å²) in [4.78, 5) is 10.3. The number of aromatic amines is 1. The molecular formula is C5H6KN2O. The Morgan fingerprint density at radius 3 is 2.56 bits per heavy atom. The molecular weight excluding hydrogens is 143 g/mol. The van der Waals surface area contributed by atoms with Gasteiger partial charge in [0.05, 0.1) is 5.69 Å². The van der Waals surface area contributed by atoms with Gasteiger partial charge in [-0.3, -0.25) is 4.79 Å². The smallest absolute Gasteiger partial charge is 0.264 e. The van der Waals surface area contributed by atoms with E-state index in [1.165, 1.54) is 6.07 Å². The van der Waals surface area contributed by atoms with Crippen LogP contribution in [0.5, 0.6) is 0 Å². The third-order valence-electron chi connectivity index (χ3n) is 0.818. The second kappa shape index (κ2) is 4.35. The minimum atomic E-state index is -0.157. The summed E-state index contributed by atoms with van der Waals surface area (Å²) in [5.41, 5.74) is 0.667. The third-order valence-corrected chi connectivity index (χ3v) is 0.818. The summed E-state index contributed by atoms with van der Waals surface area (Å²) < 4.78 is 0. The first-order chi connectivity index (χ1) is 3.79. The predicted octanol–water partition coefficient (Wildman–Crippen LogP) is -0.302. The second-order valence-electron chi connectivity index (χ2n) is 1.56. The number of nitrogens with one attached hydrogen (secondary N) is 1. The first-order valence-electron chi connectivity index (χ1n) is 2.31. The van der Waals surface area contributed by atoms with Gasteiger partial charge in [-0.2, -0.15) is 5.10 Å². The maximum Gasteiger partial charge on any atom is 0.264 e. The molecule has 1 aromatic heterocycles. The van der Waals surface area contributed by atoms with Crippen LogP contribution in [-0.4, -0.2) is 61.6 Å². The normalized spacial score (nSPS) is 8.11. The molecule has 0 aliphatic carbocycles. The van der Waals surface area contributed by atoms with Crippen LogP contribution in [0.2, 0.25) is 0 Å². The third kappa shape index (κ3) is 3.27. The molecule has 9 heavy (non-hydrogen) atoms. The number of rotatable bonds is 0. The molecule has 0 amide bonds. The first kappa shape index (κ1) is 9.52. The summed E-state index contributed by atoms with van der Waals surface area (Å²) in [6.07, 6.45) is 0. The Balaban J connectivity index is 0.000000640. The van der Waals surface area contributed by atoms with E-state index >= 15 is 0 Å². The number of H-pyrrole nitrogens is 1. The Bertz CT molecular complexity index is 212. The molecule has 0 bridgehead atoms. The molecule has 1 aromatic rings. The summed E-state index contributed by atoms with van der Waals surface area (Å²) >= 11 is 0. The molecule has 0 saturated heterocycles. The van der Waals surface area contributed by atoms with Crippen LogP contribution in [0.15, 0.2) is 16.9 Å². The van der Waals surface area contributed by atoms with Gasteiger partial charge in [-0.1, -0.05) is 0 Å². The van der Waals surface area contributed by atoms with E-state index in [0.717, 1.165) is 5.69 Å². The van der Waals surface area contributed by atoms with Gasteiger partial charge in [-0.05, 0) is 13.0 Å². The van der Waals surface area contributed by atoms with Gasteiger partial charge in [-0.25, -0.2) is 5.10 Å². The molecule has 1 rings (SSSR count). The van der Waals surface area contributed by atoms with Crippen molar-refractivity contribution in [2.24, 2.45) is 0 Å². The Morgan fingerprint density at radius 1 is 1.56 bits per heavy atom. The fraction of sp³-hybridized carbons (Fsp3) is 0.200. The van der Waals surface area contributed by atoms with E-state index in [0.29, 0.717) is 0 Å². The predicted molar refractivity (Wildman–Crippen MR) is 35.3 cm³/mol. The van der Waals surface area contributed by atoms with Crippen molar-refractivity contribution in [2.45, 2.75) is 6.92 Å². The van der Waals surface area contributed by atoms with Crippen molar-refractivity contribution in [3.8, 4) is 0 Å². The molecule has 43 valence electrons. The molecule has 0 spiro atoms. The van der Waals surface area contributed by atoms with Crippen molar-refractivity contribution in [1.82, 2.24) is 10.2 Å². The van der Waals surface area contributed by atoms with Crippen LogP contribution in [0.1, 0.15) is 5.69 Å². The standard InChI is InChI=1S/C5H6N2O.K/c1-4-2-3-5(8)7-6-4;/h2-3H,1H3,(H,7,8);. The summed E-state index contributed by atoms with van der Waals surface area (Å²) in [6.45, 7) is 1.82. The van der Waals surface area contributed by atoms with Gasteiger partial charge in [0.15, 0.2) is 0 Å². The van der Waals surface area contributed by atoms with Crippen molar-refractivity contribution in [3.05, 3.63) is 28.2 Å². The van der Waals surface area contributed by atoms with Gasteiger partial charge in [-0.15, -0.1) is 0 Å². The SMILES string of the molecule is Cc1ccc(=O)[nH]n1.[K]. The number of hydrogen-bond donors (Lipinski definition) is 1. The molecule has 0 unspecified atom stereocenters. The van der Waals surface area contributed by atoms with Crippen LogP contribution in [0, 0.1) is 6.92 Å². The van der Waals surface area contributed by atoms with Gasteiger partial charge in [0.25, 0.3) is 5.56 Å². The minimum Gasteiger partial charge on any atom is -0.268 e. The molecule has 0 atom stereocenters. The minimum absolute atomic E-state index is 0. The topological polar surface area (TPSA) is 45.8 Å². The zero-order valence-corrected chi connectivity index (χ0v) is 8.63. The molecule has 0 aromatic carbocycles. The largest absolute Gasteiger partial charge is 0.268 e. The van der Waals surface area contributed by atoms with Gasteiger partial charge < -0.3 is 0 Å². The van der Waals surface area contributed by atoms with Crippen LogP contribution in [-0.2, 0) is 0 Å². The summed E-state index contributed by atoms with van der Waals surface area (Å²) in [7, 11) is 0. The second-order valence-corrected chi connectivity index (χ2v) is 1.56. The molecule has 1 N–H and O–H groups in total. The summed E-state index contributed by atoms with van der Waals surface area (Å²) in [5.74, 6) is 0. The first-order valence-corrected chi connectivity index (χ1v) is 2.31. The maximum absolute atomic E-state index is 10.3. The number of aromatic nitrogens is 2. The molecule has 0 fully saturated rings. The van der Waals surface area contributed by atoms with Crippen LogP contribution in [0.4, 0.5) is 0 Å². The Labute approximate surface area is 95.3 Å². The van der Waals surface area contributed by atoms with Gasteiger partial charge in [0.2, 0.25) is 0 Å². The van der Waals surface area contributed by atoms with Crippen molar-refractivity contribution in [3.63, 3.8) is 0 Å². The Hall–Kier alpha value is 0.516. The van der Waals surface area contributed by atoms with Crippen LogP contribution < -0.4 is 5.56 Å². The summed E-state index contributed by atoms with van der Waals surface area (Å²) in [6, 6.07) is 3.11. The van der Waals surface area contributed by atoms with Crippen molar-refractivity contribution in [2.75, 3.05) is 0 Å². The van der Waals surface area contributed by atoms with E-state index < -0.39 is 0 Å². The van der Waals surface area contributed by atoms with E-state index in [4.69, 9.17) is 0 Å². The average molecular weight is 149 g/mol. The van der Waals surface area contributed by atoms with Crippen molar-refractivity contribution < 1.29 is 0 Å². The average Bonchev–Trinajstić information content (AvgIpc) is 1.77. The van der Waals surface area contributed by atoms with E-state index in [1.54, 1.807) is 6.07 Å². The van der Waals surface area contributed by atoms with E-state index in [1.807, 2.05) is 6.92 Å². The molecule has 0 aliphatic rings. The molecule has 4 heteroatoms. The number of aryl methyl sites for hydroxylation is 1. The fourth-order valence-electron chi connectivity index (χ4n) is 0.414. The van der Waals surface area contributed by atoms with Crippen LogP contribution in [0.25, 0.3) is 0 Å². The van der Waals surface area contributed by atoms with E-state index in [9.17, 15) is 4.79 Å². The summed E-state index contributed by atoms with van der Waals surface area (Å²) in [5, 5.41) is 5.94. The molecule has 3 nitrogen and oxygen atoms in total. The number of nitrogens with zero attached hydrogens (tertiary/aromatic N) is 1. The van der Waals surface area contributed by atoms with Crippen LogP contribution >= 0.6 is 0 Å². The van der Waals surface area contributed by atoms with E-state index in [2.05, 4.69) is 10.2 Å². The zero-order valence-electron chi connectivity index (χ0n) is 5.51. The van der Waals surface area contributed by atoms with Crippen molar-refractivity contribution >= 4 is 51.4 Å². The zero-order chi connectivity index (χ0) is 5.98. The Kier molecular flexibility index (Phi) is 4.60. The van der Waals surface area contributed by atoms with E-state index in [-0.39, 0.29) is 56.9 Å². The van der Waals surface area contributed by atoms with Gasteiger partial charge in [0, 0.05) is 57.5 Å². The molecule has 1 radical (unpaired) electrons. The van der Waals surface area contributed by atoms with Gasteiger partial charge in [0.1, 0.15) is 0 Å². The maximum atomic E-state index is 10.3. The van der Waals surface area contributed by atoms with Crippen LogP contribution in [0.3, 0.4) is 0 Å².